The van der Waals surface area contributed by atoms with Crippen molar-refractivity contribution in [3.8, 4) is 0 Å². The van der Waals surface area contributed by atoms with E-state index in [1.54, 1.807) is 11.3 Å². The molecule has 3 aromatic rings. The van der Waals surface area contributed by atoms with Gasteiger partial charge in [-0.05, 0) is 18.2 Å². The van der Waals surface area contributed by atoms with Crippen LogP contribution in [0.4, 0.5) is 5.69 Å². The zero-order chi connectivity index (χ0) is 12.5. The summed E-state index contributed by atoms with van der Waals surface area (Å²) >= 11 is 11.2. The monoisotopic (exact) mass is 341 g/mol. The van der Waals surface area contributed by atoms with E-state index in [2.05, 4.69) is 26.2 Å². The van der Waals surface area contributed by atoms with Crippen molar-refractivity contribution in [3.05, 3.63) is 51.2 Å². The fourth-order valence-corrected chi connectivity index (χ4v) is 2.94. The van der Waals surface area contributed by atoms with Crippen LogP contribution in [0.3, 0.4) is 0 Å². The van der Waals surface area contributed by atoms with E-state index in [0.717, 1.165) is 20.8 Å². The van der Waals surface area contributed by atoms with Crippen molar-refractivity contribution in [1.29, 1.82) is 0 Å². The summed E-state index contributed by atoms with van der Waals surface area (Å²) in [4.78, 5) is 5.51. The van der Waals surface area contributed by atoms with Crippen molar-refractivity contribution in [1.82, 2.24) is 9.38 Å². The number of benzene rings is 1. The maximum Gasteiger partial charge on any atom is 0.193 e. The van der Waals surface area contributed by atoms with E-state index in [4.69, 9.17) is 11.6 Å². The Morgan fingerprint density at radius 2 is 2.33 bits per heavy atom. The fraction of sp³-hybridized carbons (Fsp3) is 0.0833. The minimum Gasteiger partial charge on any atom is -0.378 e. The average molecular weight is 343 g/mol. The molecule has 0 bridgehead atoms. The summed E-state index contributed by atoms with van der Waals surface area (Å²) in [7, 11) is 0. The van der Waals surface area contributed by atoms with Crippen LogP contribution in [0.5, 0.6) is 0 Å². The van der Waals surface area contributed by atoms with E-state index in [9.17, 15) is 0 Å². The summed E-state index contributed by atoms with van der Waals surface area (Å²) < 4.78 is 3.02. The number of nitrogens with zero attached hydrogens (tertiary/aromatic N) is 2. The lowest BCUT2D eigenvalue weighted by Gasteiger charge is -2.07. The van der Waals surface area contributed by atoms with Crippen LogP contribution in [0.15, 0.2) is 40.4 Å². The molecule has 0 saturated heterocycles. The molecular weight excluding hydrogens is 334 g/mol. The molecule has 0 fully saturated rings. The Morgan fingerprint density at radius 3 is 3.17 bits per heavy atom. The van der Waals surface area contributed by atoms with Gasteiger partial charge in [-0.3, -0.25) is 4.40 Å². The first kappa shape index (κ1) is 12.0. The van der Waals surface area contributed by atoms with Crippen molar-refractivity contribution in [2.75, 3.05) is 5.32 Å². The third-order valence-electron chi connectivity index (χ3n) is 2.53. The SMILES string of the molecule is Clc1ccc(Br)cc1NCc1cn2ccsc2n1. The Hall–Kier alpha value is -1.04. The first-order chi connectivity index (χ1) is 8.72. The van der Waals surface area contributed by atoms with Crippen LogP contribution in [-0.4, -0.2) is 9.38 Å². The Bertz CT molecular complexity index is 663. The third-order valence-corrected chi connectivity index (χ3v) is 4.13. The van der Waals surface area contributed by atoms with E-state index in [1.807, 2.05) is 40.4 Å². The number of thiazole rings is 1. The number of anilines is 1. The highest BCUT2D eigenvalue weighted by molar-refractivity contribution is 9.10. The number of aromatic nitrogens is 2. The number of nitrogens with one attached hydrogen (secondary N) is 1. The number of rotatable bonds is 3. The molecule has 0 amide bonds. The highest BCUT2D eigenvalue weighted by Crippen LogP contribution is 2.26. The molecule has 92 valence electrons. The Morgan fingerprint density at radius 1 is 1.44 bits per heavy atom. The van der Waals surface area contributed by atoms with E-state index < -0.39 is 0 Å². The molecule has 1 aromatic carbocycles. The second kappa shape index (κ2) is 4.91. The van der Waals surface area contributed by atoms with Crippen molar-refractivity contribution in [2.24, 2.45) is 0 Å². The third kappa shape index (κ3) is 2.39. The Kier molecular flexibility index (Phi) is 3.28. The quantitative estimate of drug-likeness (QED) is 0.763. The molecule has 6 heteroatoms. The number of imidazole rings is 1. The van der Waals surface area contributed by atoms with Crippen molar-refractivity contribution in [2.45, 2.75) is 6.54 Å². The van der Waals surface area contributed by atoms with Crippen LogP contribution in [0.2, 0.25) is 5.02 Å². The normalized spacial score (nSPS) is 11.0. The average Bonchev–Trinajstić information content (AvgIpc) is 2.90. The van der Waals surface area contributed by atoms with Gasteiger partial charge < -0.3 is 5.32 Å². The first-order valence-corrected chi connectivity index (χ1v) is 7.37. The van der Waals surface area contributed by atoms with Crippen LogP contribution in [0.1, 0.15) is 5.69 Å². The predicted octanol–water partition coefficient (Wildman–Crippen LogP) is 4.42. The van der Waals surface area contributed by atoms with Gasteiger partial charge in [-0.1, -0.05) is 27.5 Å². The smallest absolute Gasteiger partial charge is 0.193 e. The van der Waals surface area contributed by atoms with Gasteiger partial charge in [-0.15, -0.1) is 11.3 Å². The zero-order valence-corrected chi connectivity index (χ0v) is 12.4. The molecule has 0 unspecified atom stereocenters. The van der Waals surface area contributed by atoms with Gasteiger partial charge in [0.05, 0.1) is 22.9 Å². The molecule has 0 saturated carbocycles. The summed E-state index contributed by atoms with van der Waals surface area (Å²) in [6, 6.07) is 5.74. The van der Waals surface area contributed by atoms with Crippen molar-refractivity contribution in [3.63, 3.8) is 0 Å². The minimum atomic E-state index is 0.657. The molecule has 18 heavy (non-hydrogen) atoms. The second-order valence-corrected chi connectivity index (χ2v) is 6.00. The fourth-order valence-electron chi connectivity index (χ4n) is 1.68. The highest BCUT2D eigenvalue weighted by Gasteiger charge is 2.04. The molecule has 0 aliphatic carbocycles. The van der Waals surface area contributed by atoms with Crippen molar-refractivity contribution < 1.29 is 0 Å². The van der Waals surface area contributed by atoms with E-state index in [0.29, 0.717) is 11.6 Å². The molecule has 0 aliphatic heterocycles. The number of halogens is 2. The van der Waals surface area contributed by atoms with Gasteiger partial charge in [0.2, 0.25) is 0 Å². The lowest BCUT2D eigenvalue weighted by Crippen LogP contribution is -2.00. The summed E-state index contributed by atoms with van der Waals surface area (Å²) in [6.45, 7) is 0.657. The van der Waals surface area contributed by atoms with E-state index in [1.165, 1.54) is 0 Å². The van der Waals surface area contributed by atoms with Crippen LogP contribution in [0.25, 0.3) is 4.96 Å². The van der Waals surface area contributed by atoms with Crippen LogP contribution in [0, 0.1) is 0 Å². The molecule has 0 atom stereocenters. The molecule has 0 spiro atoms. The maximum absolute atomic E-state index is 6.11. The van der Waals surface area contributed by atoms with Crippen LogP contribution >= 0.6 is 38.9 Å². The van der Waals surface area contributed by atoms with E-state index in [-0.39, 0.29) is 0 Å². The molecule has 0 aliphatic rings. The van der Waals surface area contributed by atoms with Gasteiger partial charge in [0, 0.05) is 22.2 Å². The molecule has 3 rings (SSSR count). The Labute approximate surface area is 122 Å². The first-order valence-electron chi connectivity index (χ1n) is 5.32. The molecule has 2 heterocycles. The molecule has 3 nitrogen and oxygen atoms in total. The molecular formula is C12H9BrClN3S. The lowest BCUT2D eigenvalue weighted by atomic mass is 10.3. The van der Waals surface area contributed by atoms with Gasteiger partial charge in [-0.2, -0.15) is 0 Å². The second-order valence-electron chi connectivity index (χ2n) is 3.80. The molecule has 2 aromatic heterocycles. The highest BCUT2D eigenvalue weighted by atomic mass is 79.9. The summed E-state index contributed by atoms with van der Waals surface area (Å²) in [5.74, 6) is 0. The summed E-state index contributed by atoms with van der Waals surface area (Å²) in [6.07, 6.45) is 4.02. The van der Waals surface area contributed by atoms with Crippen LogP contribution in [-0.2, 0) is 6.54 Å². The summed E-state index contributed by atoms with van der Waals surface area (Å²) in [5.41, 5.74) is 1.90. The number of hydrogen-bond donors (Lipinski definition) is 1. The largest absolute Gasteiger partial charge is 0.378 e. The molecule has 0 radical (unpaired) electrons. The summed E-state index contributed by atoms with van der Waals surface area (Å²) in [5, 5.41) is 6.01. The minimum absolute atomic E-state index is 0.657. The molecule has 1 N–H and O–H groups in total. The van der Waals surface area contributed by atoms with Gasteiger partial charge in [0.15, 0.2) is 4.96 Å². The zero-order valence-electron chi connectivity index (χ0n) is 9.23. The lowest BCUT2D eigenvalue weighted by molar-refractivity contribution is 1.08. The number of hydrogen-bond acceptors (Lipinski definition) is 3. The standard InChI is InChI=1S/C12H9BrClN3S/c13-8-1-2-10(14)11(5-8)15-6-9-7-17-3-4-18-12(17)16-9/h1-5,7,15H,6H2. The van der Waals surface area contributed by atoms with Gasteiger partial charge in [0.1, 0.15) is 0 Å². The van der Waals surface area contributed by atoms with Gasteiger partial charge in [0.25, 0.3) is 0 Å². The van der Waals surface area contributed by atoms with Crippen LogP contribution < -0.4 is 5.32 Å². The van der Waals surface area contributed by atoms with E-state index >= 15 is 0 Å². The van der Waals surface area contributed by atoms with Gasteiger partial charge >= 0.3 is 0 Å². The maximum atomic E-state index is 6.11. The topological polar surface area (TPSA) is 29.3 Å². The predicted molar refractivity (Wildman–Crippen MR) is 79.5 cm³/mol. The van der Waals surface area contributed by atoms with Gasteiger partial charge in [-0.25, -0.2) is 4.98 Å². The Balaban J connectivity index is 1.77. The number of fused-ring (bicyclic) bond motifs is 1. The van der Waals surface area contributed by atoms with Crippen molar-refractivity contribution >= 4 is 49.5 Å².